The maximum atomic E-state index is 12.7. The Morgan fingerprint density at radius 1 is 1.19 bits per heavy atom. The number of alkyl halides is 3. The van der Waals surface area contributed by atoms with Crippen LogP contribution >= 0.6 is 0 Å². The van der Waals surface area contributed by atoms with Crippen LogP contribution < -0.4 is 5.32 Å². The minimum atomic E-state index is -4.53. The van der Waals surface area contributed by atoms with Crippen molar-refractivity contribution >= 4 is 11.7 Å². The first kappa shape index (κ1) is 14.2. The highest BCUT2D eigenvalue weighted by molar-refractivity contribution is 5.94. The van der Waals surface area contributed by atoms with Gasteiger partial charge in [0.05, 0.1) is 11.1 Å². The van der Waals surface area contributed by atoms with Crippen molar-refractivity contribution in [1.82, 2.24) is 0 Å². The van der Waals surface area contributed by atoms with Gasteiger partial charge in [0.2, 0.25) is 0 Å². The predicted molar refractivity (Wildman–Crippen MR) is 71.3 cm³/mol. The zero-order chi connectivity index (χ0) is 15.2. The van der Waals surface area contributed by atoms with Gasteiger partial charge in [-0.15, -0.1) is 0 Å². The van der Waals surface area contributed by atoms with Crippen molar-refractivity contribution in [1.29, 1.82) is 0 Å². The van der Waals surface area contributed by atoms with Gasteiger partial charge in [0, 0.05) is 11.7 Å². The maximum Gasteiger partial charge on any atom is 0.416 e. The molecule has 0 spiro atoms. The van der Waals surface area contributed by atoms with Gasteiger partial charge in [-0.2, -0.15) is 13.2 Å². The molecular formula is C15H16F3NO2. The Bertz CT molecular complexity index is 551. The summed E-state index contributed by atoms with van der Waals surface area (Å²) < 4.78 is 38.1. The Balaban J connectivity index is 1.88. The first-order chi connectivity index (χ1) is 9.86. The lowest BCUT2D eigenvalue weighted by atomic mass is 10.0. The standard InChI is InChI=1S/C15H16F3NO2/c16-15(17,18)10-5-6-12(11(7-10)14(20)21)19-13(8-1-2-8)9-3-4-9/h5-9,13,19H,1-4H2,(H,20,21). The van der Waals surface area contributed by atoms with Crippen LogP contribution in [-0.2, 0) is 6.18 Å². The van der Waals surface area contributed by atoms with Crippen LogP contribution in [0.5, 0.6) is 0 Å². The van der Waals surface area contributed by atoms with Crippen LogP contribution in [0.2, 0.25) is 0 Å². The van der Waals surface area contributed by atoms with Crippen molar-refractivity contribution in [3.8, 4) is 0 Å². The number of rotatable bonds is 5. The third kappa shape index (κ3) is 3.14. The number of carboxylic acid groups (broad SMARTS) is 1. The van der Waals surface area contributed by atoms with Crippen LogP contribution in [-0.4, -0.2) is 17.1 Å². The van der Waals surface area contributed by atoms with Crippen LogP contribution in [0.25, 0.3) is 0 Å². The number of carboxylic acids is 1. The lowest BCUT2D eigenvalue weighted by Crippen LogP contribution is -2.25. The summed E-state index contributed by atoms with van der Waals surface area (Å²) in [5, 5.41) is 12.4. The number of benzene rings is 1. The van der Waals surface area contributed by atoms with E-state index in [1.807, 2.05) is 0 Å². The summed E-state index contributed by atoms with van der Waals surface area (Å²) in [6, 6.07) is 3.08. The Morgan fingerprint density at radius 3 is 2.19 bits per heavy atom. The third-order valence-corrected chi connectivity index (χ3v) is 4.16. The third-order valence-electron chi connectivity index (χ3n) is 4.16. The summed E-state index contributed by atoms with van der Waals surface area (Å²) in [6.45, 7) is 0. The second kappa shape index (κ2) is 4.93. The molecule has 3 nitrogen and oxygen atoms in total. The highest BCUT2D eigenvalue weighted by atomic mass is 19.4. The largest absolute Gasteiger partial charge is 0.478 e. The molecule has 1 aromatic rings. The molecular weight excluding hydrogens is 283 g/mol. The van der Waals surface area contributed by atoms with Crippen molar-refractivity contribution in [2.24, 2.45) is 11.8 Å². The molecule has 2 aliphatic rings. The number of anilines is 1. The van der Waals surface area contributed by atoms with Gasteiger partial charge in [-0.05, 0) is 55.7 Å². The van der Waals surface area contributed by atoms with Crippen LogP contribution in [0.4, 0.5) is 18.9 Å². The normalized spacial score (nSPS) is 18.9. The number of hydrogen-bond acceptors (Lipinski definition) is 2. The fourth-order valence-corrected chi connectivity index (χ4v) is 2.73. The first-order valence-electron chi connectivity index (χ1n) is 7.07. The van der Waals surface area contributed by atoms with E-state index >= 15 is 0 Å². The minimum absolute atomic E-state index is 0.194. The second-order valence-corrected chi connectivity index (χ2v) is 5.91. The van der Waals surface area contributed by atoms with Crippen LogP contribution in [0.15, 0.2) is 18.2 Å². The van der Waals surface area contributed by atoms with Crippen molar-refractivity contribution in [2.75, 3.05) is 5.32 Å². The van der Waals surface area contributed by atoms with Gasteiger partial charge >= 0.3 is 12.1 Å². The number of aromatic carboxylic acids is 1. The molecule has 0 aliphatic heterocycles. The zero-order valence-electron chi connectivity index (χ0n) is 11.3. The highest BCUT2D eigenvalue weighted by Gasteiger charge is 2.42. The molecule has 0 bridgehead atoms. The van der Waals surface area contributed by atoms with Crippen LogP contribution in [0, 0.1) is 11.8 Å². The summed E-state index contributed by atoms with van der Waals surface area (Å²) in [5.41, 5.74) is -0.949. The molecule has 21 heavy (non-hydrogen) atoms. The topological polar surface area (TPSA) is 49.3 Å². The van der Waals surface area contributed by atoms with Gasteiger partial charge < -0.3 is 10.4 Å². The van der Waals surface area contributed by atoms with Gasteiger partial charge in [0.1, 0.15) is 0 Å². The quantitative estimate of drug-likeness (QED) is 0.864. The van der Waals surface area contributed by atoms with E-state index in [0.717, 1.165) is 31.7 Å². The molecule has 0 amide bonds. The van der Waals surface area contributed by atoms with E-state index in [9.17, 15) is 18.0 Å². The molecule has 6 heteroatoms. The van der Waals surface area contributed by atoms with Crippen LogP contribution in [0.3, 0.4) is 0 Å². The molecule has 0 heterocycles. The summed E-state index contributed by atoms with van der Waals surface area (Å²) in [5.74, 6) is -0.281. The maximum absolute atomic E-state index is 12.7. The lowest BCUT2D eigenvalue weighted by Gasteiger charge is -2.21. The molecule has 0 atom stereocenters. The summed E-state index contributed by atoms with van der Waals surface area (Å²) in [6.07, 6.45) is -0.0993. The summed E-state index contributed by atoms with van der Waals surface area (Å²) in [7, 11) is 0. The van der Waals surface area contributed by atoms with Gasteiger partial charge in [-0.25, -0.2) is 4.79 Å². The number of carbonyl (C=O) groups is 1. The van der Waals surface area contributed by atoms with E-state index in [-0.39, 0.29) is 11.6 Å². The highest BCUT2D eigenvalue weighted by Crippen LogP contribution is 2.46. The fourth-order valence-electron chi connectivity index (χ4n) is 2.73. The number of hydrogen-bond donors (Lipinski definition) is 2. The molecule has 0 aromatic heterocycles. The SMILES string of the molecule is O=C(O)c1cc(C(F)(F)F)ccc1NC(C1CC1)C1CC1. The smallest absolute Gasteiger partial charge is 0.416 e. The molecule has 114 valence electrons. The van der Waals surface area contributed by atoms with Gasteiger partial charge in [0.25, 0.3) is 0 Å². The Morgan fingerprint density at radius 2 is 1.76 bits per heavy atom. The van der Waals surface area contributed by atoms with E-state index in [1.165, 1.54) is 6.07 Å². The van der Waals surface area contributed by atoms with Gasteiger partial charge in [0.15, 0.2) is 0 Å². The molecule has 0 saturated heterocycles. The molecule has 0 unspecified atom stereocenters. The first-order valence-corrected chi connectivity index (χ1v) is 7.07. The Labute approximate surface area is 120 Å². The van der Waals surface area contributed by atoms with Crippen molar-refractivity contribution in [3.05, 3.63) is 29.3 Å². The van der Waals surface area contributed by atoms with Gasteiger partial charge in [-0.3, -0.25) is 0 Å². The van der Waals surface area contributed by atoms with Gasteiger partial charge in [-0.1, -0.05) is 0 Å². The minimum Gasteiger partial charge on any atom is -0.478 e. The molecule has 3 rings (SSSR count). The second-order valence-electron chi connectivity index (χ2n) is 5.91. The van der Waals surface area contributed by atoms with E-state index in [1.54, 1.807) is 0 Å². The lowest BCUT2D eigenvalue weighted by molar-refractivity contribution is -0.137. The van der Waals surface area contributed by atoms with Crippen LogP contribution in [0.1, 0.15) is 41.6 Å². The van der Waals surface area contributed by atoms with Crippen molar-refractivity contribution < 1.29 is 23.1 Å². The van der Waals surface area contributed by atoms with E-state index in [4.69, 9.17) is 5.11 Å². The average Bonchev–Trinajstić information content (AvgIpc) is 3.26. The Hall–Kier alpha value is -1.72. The molecule has 2 fully saturated rings. The van der Waals surface area contributed by atoms with E-state index < -0.39 is 17.7 Å². The Kier molecular flexibility index (Phi) is 3.34. The molecule has 2 saturated carbocycles. The van der Waals surface area contributed by atoms with Crippen molar-refractivity contribution in [2.45, 2.75) is 37.9 Å². The average molecular weight is 299 g/mol. The summed E-state index contributed by atoms with van der Waals surface area (Å²) >= 11 is 0. The van der Waals surface area contributed by atoms with E-state index in [2.05, 4.69) is 5.32 Å². The summed E-state index contributed by atoms with van der Waals surface area (Å²) in [4.78, 5) is 11.2. The predicted octanol–water partition coefficient (Wildman–Crippen LogP) is 4.00. The number of nitrogens with one attached hydrogen (secondary N) is 1. The number of halogens is 3. The molecule has 2 N–H and O–H groups in total. The van der Waals surface area contributed by atoms with Crippen molar-refractivity contribution in [3.63, 3.8) is 0 Å². The molecule has 0 radical (unpaired) electrons. The molecule has 1 aromatic carbocycles. The monoisotopic (exact) mass is 299 g/mol. The molecule has 2 aliphatic carbocycles. The van der Waals surface area contributed by atoms with E-state index in [0.29, 0.717) is 23.6 Å². The zero-order valence-corrected chi connectivity index (χ0v) is 11.3. The fraction of sp³-hybridized carbons (Fsp3) is 0.533.